The Labute approximate surface area is 134 Å². The molecule has 1 unspecified atom stereocenters. The van der Waals surface area contributed by atoms with Crippen LogP contribution in [0.1, 0.15) is 24.1 Å². The van der Waals surface area contributed by atoms with Crippen molar-refractivity contribution >= 4 is 23.4 Å². The summed E-state index contributed by atoms with van der Waals surface area (Å²) in [5.74, 6) is -0.316. The minimum absolute atomic E-state index is 0.0756. The first-order valence-corrected chi connectivity index (χ1v) is 8.56. The topological polar surface area (TPSA) is 12.0 Å². The fourth-order valence-corrected chi connectivity index (χ4v) is 3.27. The van der Waals surface area contributed by atoms with Crippen LogP contribution in [-0.2, 0) is 6.42 Å². The molecule has 2 aromatic carbocycles. The highest BCUT2D eigenvalue weighted by atomic mass is 35.5. The van der Waals surface area contributed by atoms with E-state index in [0.717, 1.165) is 6.54 Å². The van der Waals surface area contributed by atoms with Crippen molar-refractivity contribution in [2.24, 2.45) is 0 Å². The van der Waals surface area contributed by atoms with Gasteiger partial charge in [-0.1, -0.05) is 48.9 Å². The maximum absolute atomic E-state index is 14.1. The first kappa shape index (κ1) is 16.3. The van der Waals surface area contributed by atoms with Crippen LogP contribution in [0.15, 0.2) is 47.4 Å². The molecule has 1 N–H and O–H groups in total. The van der Waals surface area contributed by atoms with Crippen LogP contribution in [0.2, 0.25) is 5.02 Å². The van der Waals surface area contributed by atoms with Crippen LogP contribution < -0.4 is 5.32 Å². The summed E-state index contributed by atoms with van der Waals surface area (Å²) in [6, 6.07) is 13.5. The molecule has 0 saturated heterocycles. The summed E-state index contributed by atoms with van der Waals surface area (Å²) in [5, 5.41) is 3.63. The van der Waals surface area contributed by atoms with E-state index in [1.807, 2.05) is 12.1 Å². The van der Waals surface area contributed by atoms with E-state index in [1.54, 1.807) is 30.0 Å². The summed E-state index contributed by atoms with van der Waals surface area (Å²) in [6.07, 6.45) is 2.64. The van der Waals surface area contributed by atoms with Crippen molar-refractivity contribution in [2.45, 2.75) is 24.3 Å². The highest BCUT2D eigenvalue weighted by Crippen LogP contribution is 2.29. The van der Waals surface area contributed by atoms with Gasteiger partial charge in [-0.15, -0.1) is 11.8 Å². The Balaban J connectivity index is 2.33. The van der Waals surface area contributed by atoms with Gasteiger partial charge in [0.15, 0.2) is 0 Å². The van der Waals surface area contributed by atoms with Crippen LogP contribution in [0.5, 0.6) is 0 Å². The predicted molar refractivity (Wildman–Crippen MR) is 89.8 cm³/mol. The minimum atomic E-state index is -0.316. The Hall–Kier alpha value is -1.03. The number of likely N-dealkylation sites (N-methyl/N-ethyl adjacent to an activating group) is 1. The fourth-order valence-electron chi connectivity index (χ4n) is 2.42. The monoisotopic (exact) mass is 323 g/mol. The van der Waals surface area contributed by atoms with Gasteiger partial charge in [0.2, 0.25) is 0 Å². The second-order valence-electron chi connectivity index (χ2n) is 4.77. The number of hydrogen-bond acceptors (Lipinski definition) is 2. The molecule has 2 rings (SSSR count). The van der Waals surface area contributed by atoms with E-state index in [4.69, 9.17) is 11.6 Å². The molecule has 0 aromatic heterocycles. The highest BCUT2D eigenvalue weighted by molar-refractivity contribution is 7.98. The van der Waals surface area contributed by atoms with E-state index < -0.39 is 0 Å². The van der Waals surface area contributed by atoms with Crippen molar-refractivity contribution in [1.82, 2.24) is 5.32 Å². The normalized spacial score (nSPS) is 12.4. The van der Waals surface area contributed by atoms with Gasteiger partial charge in [0.1, 0.15) is 5.82 Å². The molecule has 0 aliphatic heterocycles. The molecule has 4 heteroatoms. The van der Waals surface area contributed by atoms with Gasteiger partial charge in [-0.05, 0) is 42.5 Å². The second-order valence-corrected chi connectivity index (χ2v) is 6.02. The first-order valence-electron chi connectivity index (χ1n) is 6.96. The molecule has 0 bridgehead atoms. The molecule has 21 heavy (non-hydrogen) atoms. The van der Waals surface area contributed by atoms with Gasteiger partial charge in [-0.25, -0.2) is 4.39 Å². The number of halogens is 2. The van der Waals surface area contributed by atoms with E-state index in [0.29, 0.717) is 12.0 Å². The lowest BCUT2D eigenvalue weighted by atomic mass is 9.98. The number of rotatable bonds is 6. The lowest BCUT2D eigenvalue weighted by Gasteiger charge is -2.21. The van der Waals surface area contributed by atoms with Crippen molar-refractivity contribution in [2.75, 3.05) is 12.8 Å². The summed E-state index contributed by atoms with van der Waals surface area (Å²) in [4.78, 5) is 1.21. The zero-order valence-corrected chi connectivity index (χ0v) is 13.8. The Morgan fingerprint density at radius 3 is 2.67 bits per heavy atom. The van der Waals surface area contributed by atoms with Gasteiger partial charge in [-0.3, -0.25) is 0 Å². The van der Waals surface area contributed by atoms with E-state index in [1.165, 1.54) is 10.5 Å². The summed E-state index contributed by atoms with van der Waals surface area (Å²) in [7, 11) is 0. The van der Waals surface area contributed by atoms with Crippen molar-refractivity contribution in [1.29, 1.82) is 0 Å². The van der Waals surface area contributed by atoms with E-state index in [-0.39, 0.29) is 16.9 Å². The number of benzene rings is 2. The molecule has 0 aliphatic rings. The second kappa shape index (κ2) is 7.83. The third-order valence-corrected chi connectivity index (χ3v) is 4.52. The maximum atomic E-state index is 14.1. The third kappa shape index (κ3) is 4.00. The molecule has 0 saturated carbocycles. The van der Waals surface area contributed by atoms with E-state index in [9.17, 15) is 4.39 Å². The molecule has 0 aliphatic carbocycles. The van der Waals surface area contributed by atoms with Gasteiger partial charge < -0.3 is 5.32 Å². The summed E-state index contributed by atoms with van der Waals surface area (Å²) in [5.41, 5.74) is 1.84. The zero-order chi connectivity index (χ0) is 15.2. The van der Waals surface area contributed by atoms with Crippen LogP contribution in [-0.4, -0.2) is 12.8 Å². The molecular formula is C17H19ClFNS. The number of thioether (sulfide) groups is 1. The van der Waals surface area contributed by atoms with E-state index in [2.05, 4.69) is 30.6 Å². The van der Waals surface area contributed by atoms with Gasteiger partial charge >= 0.3 is 0 Å². The van der Waals surface area contributed by atoms with Gasteiger partial charge in [0.05, 0.1) is 5.02 Å². The smallest absolute Gasteiger partial charge is 0.145 e. The third-order valence-electron chi connectivity index (χ3n) is 3.42. The van der Waals surface area contributed by atoms with Crippen molar-refractivity contribution < 1.29 is 4.39 Å². The SMILES string of the molecule is CCNC(Cc1cccc(Cl)c1F)c1ccccc1SC. The Bertz CT molecular complexity index is 603. The lowest BCUT2D eigenvalue weighted by molar-refractivity contribution is 0.522. The van der Waals surface area contributed by atoms with Gasteiger partial charge in [0, 0.05) is 10.9 Å². The van der Waals surface area contributed by atoms with Crippen LogP contribution in [0.3, 0.4) is 0 Å². The average molecular weight is 324 g/mol. The minimum Gasteiger partial charge on any atom is -0.310 e. The molecule has 1 atom stereocenters. The highest BCUT2D eigenvalue weighted by Gasteiger charge is 2.17. The maximum Gasteiger partial charge on any atom is 0.145 e. The molecular weight excluding hydrogens is 305 g/mol. The summed E-state index contributed by atoms with van der Waals surface area (Å²) < 4.78 is 14.1. The zero-order valence-electron chi connectivity index (χ0n) is 12.2. The Morgan fingerprint density at radius 1 is 1.19 bits per heavy atom. The Morgan fingerprint density at radius 2 is 1.95 bits per heavy atom. The van der Waals surface area contributed by atoms with Crippen LogP contribution in [0.25, 0.3) is 0 Å². The van der Waals surface area contributed by atoms with E-state index >= 15 is 0 Å². The van der Waals surface area contributed by atoms with Gasteiger partial charge in [-0.2, -0.15) is 0 Å². The molecule has 112 valence electrons. The molecule has 0 radical (unpaired) electrons. The first-order chi connectivity index (χ1) is 10.2. The van der Waals surface area contributed by atoms with Crippen molar-refractivity contribution in [3.05, 3.63) is 64.4 Å². The van der Waals surface area contributed by atoms with Crippen LogP contribution >= 0.6 is 23.4 Å². The summed E-state index contributed by atoms with van der Waals surface area (Å²) >= 11 is 7.59. The molecule has 0 amide bonds. The lowest BCUT2D eigenvalue weighted by Crippen LogP contribution is -2.24. The summed E-state index contributed by atoms with van der Waals surface area (Å²) in [6.45, 7) is 2.89. The average Bonchev–Trinajstić information content (AvgIpc) is 2.51. The van der Waals surface area contributed by atoms with Crippen LogP contribution in [0.4, 0.5) is 4.39 Å². The van der Waals surface area contributed by atoms with Gasteiger partial charge in [0.25, 0.3) is 0 Å². The van der Waals surface area contributed by atoms with Crippen LogP contribution in [0, 0.1) is 5.82 Å². The van der Waals surface area contributed by atoms with Crippen molar-refractivity contribution in [3.8, 4) is 0 Å². The fraction of sp³-hybridized carbons (Fsp3) is 0.294. The number of hydrogen-bond donors (Lipinski definition) is 1. The largest absolute Gasteiger partial charge is 0.310 e. The molecule has 0 spiro atoms. The number of nitrogens with one attached hydrogen (secondary N) is 1. The quantitative estimate of drug-likeness (QED) is 0.743. The molecule has 0 fully saturated rings. The molecule has 1 nitrogen and oxygen atoms in total. The predicted octanol–water partition coefficient (Wildman–Crippen LogP) is 5.09. The molecule has 0 heterocycles. The van der Waals surface area contributed by atoms with Crippen molar-refractivity contribution in [3.63, 3.8) is 0 Å². The standard InChI is InChI=1S/C17H19ClFNS/c1-3-20-15(13-8-4-5-10-16(13)21-2)11-12-7-6-9-14(18)17(12)19/h4-10,15,20H,3,11H2,1-2H3. The molecule has 2 aromatic rings. The Kier molecular flexibility index (Phi) is 6.09.